The molecule has 0 aliphatic heterocycles. The fraction of sp³-hybridized carbons (Fsp3) is 0.556. The van der Waals surface area contributed by atoms with Gasteiger partial charge in [0.15, 0.2) is 11.6 Å². The van der Waals surface area contributed by atoms with Gasteiger partial charge in [-0.2, -0.15) is 0 Å². The van der Waals surface area contributed by atoms with Crippen LogP contribution in [0.5, 0.6) is 0 Å². The molecular formula is C36H52N4O2. The van der Waals surface area contributed by atoms with Crippen LogP contribution in [0.3, 0.4) is 0 Å². The molecule has 0 spiro atoms. The number of Topliss-reactive ketones (excluding diaryl/α,β-unsaturated/α-hetero) is 2. The van der Waals surface area contributed by atoms with Gasteiger partial charge >= 0.3 is 0 Å². The number of carbonyl (C=O) groups excluding carboxylic acids is 2. The number of fused-ring (bicyclic) bond motifs is 2. The lowest BCUT2D eigenvalue weighted by molar-refractivity contribution is -0.117. The zero-order valence-corrected chi connectivity index (χ0v) is 26.5. The molecule has 0 aromatic carbocycles. The maximum atomic E-state index is 13.4. The topological polar surface area (TPSA) is 65.3 Å². The minimum absolute atomic E-state index is 0.0918. The number of unbranched alkanes of at least 4 members (excludes halogenated alkanes) is 4. The van der Waals surface area contributed by atoms with Crippen LogP contribution in [0.2, 0.25) is 0 Å². The average Bonchev–Trinajstić information content (AvgIpc) is 3.01. The van der Waals surface area contributed by atoms with E-state index >= 15 is 0 Å². The summed E-state index contributed by atoms with van der Waals surface area (Å²) in [5.74, 6) is -0.184. The van der Waals surface area contributed by atoms with E-state index in [2.05, 4.69) is 59.6 Å². The molecule has 42 heavy (non-hydrogen) atoms. The Bertz CT molecular complexity index is 1070. The standard InChI is InChI=1S/C36H52N4O2/c1-5-9-21-39(22-10-6-2)25-13-19-37-29-15-17-31-33(27-29)35(41)32-18-16-30(28-34(32)36(31)42)38-20-14-26-40(23-11-7-3)24-12-8-4/h13-14,17-20,27-28H,5-12,15-16,21-26H2,1-4H3. The summed E-state index contributed by atoms with van der Waals surface area (Å²) >= 11 is 0. The number of hydrogen-bond acceptors (Lipinski definition) is 6. The second-order valence-corrected chi connectivity index (χ2v) is 11.4. The molecule has 0 unspecified atom stereocenters. The van der Waals surface area contributed by atoms with E-state index in [1.54, 1.807) is 12.2 Å². The molecule has 6 heteroatoms. The van der Waals surface area contributed by atoms with E-state index in [1.807, 2.05) is 24.6 Å². The van der Waals surface area contributed by atoms with Crippen LogP contribution >= 0.6 is 0 Å². The fourth-order valence-electron chi connectivity index (χ4n) is 5.32. The van der Waals surface area contributed by atoms with E-state index in [4.69, 9.17) is 0 Å². The van der Waals surface area contributed by atoms with Gasteiger partial charge in [-0.25, -0.2) is 0 Å². The Morgan fingerprint density at radius 3 is 1.29 bits per heavy atom. The second-order valence-electron chi connectivity index (χ2n) is 11.4. The van der Waals surface area contributed by atoms with Crippen LogP contribution in [0.4, 0.5) is 0 Å². The van der Waals surface area contributed by atoms with E-state index in [9.17, 15) is 9.59 Å². The fourth-order valence-corrected chi connectivity index (χ4v) is 5.32. The van der Waals surface area contributed by atoms with Gasteiger partial charge in [-0.1, -0.05) is 77.7 Å². The highest BCUT2D eigenvalue weighted by Crippen LogP contribution is 2.35. The molecule has 0 heterocycles. The maximum Gasteiger partial charge on any atom is 0.194 e. The third-order valence-corrected chi connectivity index (χ3v) is 7.94. The first-order chi connectivity index (χ1) is 20.5. The Balaban J connectivity index is 1.64. The number of nitrogens with zero attached hydrogens (tertiary/aromatic N) is 4. The van der Waals surface area contributed by atoms with Gasteiger partial charge in [0.2, 0.25) is 0 Å². The van der Waals surface area contributed by atoms with Crippen LogP contribution in [0.25, 0.3) is 0 Å². The number of carbonyl (C=O) groups is 2. The lowest BCUT2D eigenvalue weighted by atomic mass is 9.75. The Morgan fingerprint density at radius 2 is 0.952 bits per heavy atom. The van der Waals surface area contributed by atoms with Crippen molar-refractivity contribution in [3.8, 4) is 0 Å². The predicted molar refractivity (Wildman–Crippen MR) is 177 cm³/mol. The Hall–Kier alpha value is -2.96. The van der Waals surface area contributed by atoms with Crippen LogP contribution in [0.1, 0.15) is 91.9 Å². The highest BCUT2D eigenvalue weighted by molar-refractivity contribution is 6.37. The van der Waals surface area contributed by atoms with E-state index in [-0.39, 0.29) is 11.6 Å². The Labute approximate surface area is 254 Å². The monoisotopic (exact) mass is 572 g/mol. The van der Waals surface area contributed by atoms with Gasteiger partial charge < -0.3 is 0 Å². The number of aliphatic imine (C=N–C) groups is 2. The lowest BCUT2D eigenvalue weighted by Crippen LogP contribution is -2.30. The summed E-state index contributed by atoms with van der Waals surface area (Å²) in [6.45, 7) is 15.1. The van der Waals surface area contributed by atoms with Gasteiger partial charge in [-0.05, 0) is 64.0 Å². The van der Waals surface area contributed by atoms with Gasteiger partial charge in [0, 0.05) is 72.0 Å². The SMILES string of the molecule is CCCCN(CC=CN=C1C=C2C(=O)C3=CCC(=NC=CCN(CCCC)CCCC)C=C3C(=O)C2=CC1)CCCC. The first-order valence-electron chi connectivity index (χ1n) is 16.3. The molecule has 0 atom stereocenters. The highest BCUT2D eigenvalue weighted by atomic mass is 16.1. The minimum Gasteiger partial charge on any atom is -0.300 e. The van der Waals surface area contributed by atoms with Gasteiger partial charge in [-0.15, -0.1) is 0 Å². The third kappa shape index (κ3) is 10.1. The normalized spacial score (nSPS) is 19.2. The Kier molecular flexibility index (Phi) is 14.8. The summed E-state index contributed by atoms with van der Waals surface area (Å²) < 4.78 is 0. The first-order valence-corrected chi connectivity index (χ1v) is 16.3. The summed E-state index contributed by atoms with van der Waals surface area (Å²) in [4.78, 5) is 41.0. The molecule has 3 rings (SSSR count). The number of allylic oxidation sites excluding steroid dienone is 8. The molecule has 6 nitrogen and oxygen atoms in total. The van der Waals surface area contributed by atoms with E-state index in [1.165, 1.54) is 51.4 Å². The van der Waals surface area contributed by atoms with Gasteiger partial charge in [0.1, 0.15) is 0 Å². The van der Waals surface area contributed by atoms with Crippen molar-refractivity contribution in [3.05, 3.63) is 71.1 Å². The van der Waals surface area contributed by atoms with Crippen molar-refractivity contribution in [2.45, 2.75) is 91.9 Å². The average molecular weight is 573 g/mol. The molecule has 0 saturated heterocycles. The summed E-state index contributed by atoms with van der Waals surface area (Å²) in [5.41, 5.74) is 3.54. The molecule has 0 aromatic rings. The number of hydrogen-bond donors (Lipinski definition) is 0. The molecule has 3 aliphatic rings. The van der Waals surface area contributed by atoms with Crippen LogP contribution in [0.15, 0.2) is 81.1 Å². The molecule has 0 amide bonds. The molecule has 0 radical (unpaired) electrons. The molecule has 0 bridgehead atoms. The first kappa shape index (κ1) is 33.5. The smallest absolute Gasteiger partial charge is 0.194 e. The Morgan fingerprint density at radius 1 is 0.595 bits per heavy atom. The highest BCUT2D eigenvalue weighted by Gasteiger charge is 2.37. The van der Waals surface area contributed by atoms with Crippen molar-refractivity contribution in [2.24, 2.45) is 9.98 Å². The van der Waals surface area contributed by atoms with Crippen LogP contribution in [0, 0.1) is 0 Å². The molecule has 3 aliphatic carbocycles. The van der Waals surface area contributed by atoms with Gasteiger partial charge in [0.05, 0.1) is 0 Å². The van der Waals surface area contributed by atoms with E-state index in [0.29, 0.717) is 35.1 Å². The zero-order chi connectivity index (χ0) is 30.2. The lowest BCUT2D eigenvalue weighted by Gasteiger charge is -2.26. The van der Waals surface area contributed by atoms with Gasteiger partial charge in [0.25, 0.3) is 0 Å². The predicted octanol–water partition coefficient (Wildman–Crippen LogP) is 7.37. The van der Waals surface area contributed by atoms with Crippen molar-refractivity contribution < 1.29 is 9.59 Å². The number of rotatable bonds is 18. The number of ketones is 2. The van der Waals surface area contributed by atoms with Crippen LogP contribution < -0.4 is 0 Å². The second kappa shape index (κ2) is 18.6. The molecule has 0 N–H and O–H groups in total. The molecule has 1 fully saturated rings. The zero-order valence-electron chi connectivity index (χ0n) is 26.5. The summed E-state index contributed by atoms with van der Waals surface area (Å²) in [6.07, 6.45) is 25.9. The van der Waals surface area contributed by atoms with Crippen molar-refractivity contribution in [2.75, 3.05) is 39.3 Å². The van der Waals surface area contributed by atoms with Crippen LogP contribution in [-0.4, -0.2) is 72.1 Å². The molecule has 228 valence electrons. The van der Waals surface area contributed by atoms with Gasteiger partial charge in [-0.3, -0.25) is 29.4 Å². The molecule has 0 aromatic heterocycles. The molecular weight excluding hydrogens is 520 g/mol. The summed E-state index contributed by atoms with van der Waals surface area (Å²) in [7, 11) is 0. The molecule has 1 saturated carbocycles. The van der Waals surface area contributed by atoms with Crippen molar-refractivity contribution in [1.82, 2.24) is 9.80 Å². The van der Waals surface area contributed by atoms with Crippen molar-refractivity contribution in [3.63, 3.8) is 0 Å². The van der Waals surface area contributed by atoms with Crippen molar-refractivity contribution in [1.29, 1.82) is 0 Å². The van der Waals surface area contributed by atoms with Crippen LogP contribution in [-0.2, 0) is 9.59 Å². The minimum atomic E-state index is -0.0918. The van der Waals surface area contributed by atoms with E-state index < -0.39 is 0 Å². The summed E-state index contributed by atoms with van der Waals surface area (Å²) in [6, 6.07) is 0. The maximum absolute atomic E-state index is 13.4. The third-order valence-electron chi connectivity index (χ3n) is 7.94. The largest absolute Gasteiger partial charge is 0.300 e. The van der Waals surface area contributed by atoms with E-state index in [0.717, 1.165) is 50.7 Å². The quantitative estimate of drug-likeness (QED) is 0.172. The summed E-state index contributed by atoms with van der Waals surface area (Å²) in [5, 5.41) is 0. The van der Waals surface area contributed by atoms with Crippen molar-refractivity contribution >= 4 is 23.0 Å².